The molecule has 0 spiro atoms. The molecule has 0 atom stereocenters. The maximum atomic E-state index is 13.4. The van der Waals surface area contributed by atoms with Crippen molar-refractivity contribution in [3.05, 3.63) is 116 Å². The first-order valence-electron chi connectivity index (χ1n) is 16.6. The molecule has 0 unspecified atom stereocenters. The maximum absolute atomic E-state index is 13.4. The van der Waals surface area contributed by atoms with E-state index in [2.05, 4.69) is 148 Å². The molecule has 0 amide bonds. The van der Waals surface area contributed by atoms with Crippen molar-refractivity contribution in [3.8, 4) is 11.5 Å². The summed E-state index contributed by atoms with van der Waals surface area (Å²) < 4.78 is 23.1. The summed E-state index contributed by atoms with van der Waals surface area (Å²) in [6.45, 7) is 8.24. The van der Waals surface area contributed by atoms with Gasteiger partial charge in [0.05, 0.1) is 24.2 Å². The highest BCUT2D eigenvalue weighted by atomic mass is 127. The highest BCUT2D eigenvalue weighted by Gasteiger charge is 2.37. The Labute approximate surface area is 386 Å². The summed E-state index contributed by atoms with van der Waals surface area (Å²) in [5.41, 5.74) is 1.79. The van der Waals surface area contributed by atoms with E-state index in [1.807, 2.05) is 62.4 Å². The summed E-state index contributed by atoms with van der Waals surface area (Å²) in [4.78, 5) is 39.9. The van der Waals surface area contributed by atoms with E-state index < -0.39 is 23.0 Å². The number of ether oxygens (including phenoxy) is 3. The van der Waals surface area contributed by atoms with Crippen molar-refractivity contribution >= 4 is 153 Å². The third kappa shape index (κ3) is 10.3. The predicted molar refractivity (Wildman–Crippen MR) is 252 cm³/mol. The van der Waals surface area contributed by atoms with Gasteiger partial charge in [0.1, 0.15) is 17.1 Å². The zero-order valence-electron chi connectivity index (χ0n) is 28.5. The maximum Gasteiger partial charge on any atom is 0.345 e. The van der Waals surface area contributed by atoms with Crippen LogP contribution in [0.3, 0.4) is 0 Å². The lowest BCUT2D eigenvalue weighted by Crippen LogP contribution is -2.86. The first-order valence-corrected chi connectivity index (χ1v) is 23.0. The van der Waals surface area contributed by atoms with E-state index in [9.17, 15) is 14.4 Å². The van der Waals surface area contributed by atoms with Crippen LogP contribution in [0.1, 0.15) is 78.3 Å². The number of carbonyl (C=O) groups is 3. The lowest BCUT2D eigenvalue weighted by atomic mass is 9.73. The average Bonchev–Trinajstić information content (AvgIpc) is 3.11. The molecule has 13 heteroatoms. The van der Waals surface area contributed by atoms with E-state index in [0.717, 1.165) is 58.5 Å². The van der Waals surface area contributed by atoms with Gasteiger partial charge in [-0.2, -0.15) is 0 Å². The van der Waals surface area contributed by atoms with Crippen LogP contribution in [0.5, 0.6) is 11.5 Å². The molecule has 1 aliphatic rings. The topological polar surface area (TPSA) is 95.5 Å². The summed E-state index contributed by atoms with van der Waals surface area (Å²) in [5.74, 6) is 0.122. The molecule has 0 saturated carbocycles. The van der Waals surface area contributed by atoms with Crippen LogP contribution < -0.4 is 14.8 Å². The quantitative estimate of drug-likeness (QED) is 0.0696. The lowest BCUT2D eigenvalue weighted by molar-refractivity contribution is -0.665. The van der Waals surface area contributed by atoms with Crippen LogP contribution in [0.2, 0.25) is 0 Å². The summed E-state index contributed by atoms with van der Waals surface area (Å²) in [7, 11) is 0. The molecule has 5 rings (SSSR count). The summed E-state index contributed by atoms with van der Waals surface area (Å²) in [6, 6.07) is 22.7. The summed E-state index contributed by atoms with van der Waals surface area (Å²) in [5, 5.41) is 2.31. The normalized spacial score (nSPS) is 13.8. The minimum absolute atomic E-state index is 0.208. The molecular weight excluding hydrogens is 1340 g/mol. The molecule has 52 heavy (non-hydrogen) atoms. The largest absolute Gasteiger partial charge is 0.459 e. The zero-order chi connectivity index (χ0) is 37.8. The fourth-order valence-corrected chi connectivity index (χ4v) is 11.0. The van der Waals surface area contributed by atoms with E-state index in [-0.39, 0.29) is 12.4 Å². The van der Waals surface area contributed by atoms with Crippen molar-refractivity contribution in [3.63, 3.8) is 0 Å². The number of benzene rings is 4. The van der Waals surface area contributed by atoms with Crippen LogP contribution >= 0.6 is 136 Å². The molecule has 1 heterocycles. The minimum atomic E-state index is -0.630. The van der Waals surface area contributed by atoms with Crippen LogP contribution in [-0.2, 0) is 14.9 Å². The van der Waals surface area contributed by atoms with Gasteiger partial charge in [-0.1, -0.05) is 31.2 Å². The molecular formula is C39H36I6NO6+. The monoisotopic (exact) mass is 1380 g/mol. The van der Waals surface area contributed by atoms with E-state index in [4.69, 9.17) is 14.2 Å². The number of halogens is 6. The molecule has 0 aliphatic carbocycles. The van der Waals surface area contributed by atoms with Crippen molar-refractivity contribution in [2.45, 2.75) is 57.5 Å². The Morgan fingerprint density at radius 1 is 0.635 bits per heavy atom. The Kier molecular flexibility index (Phi) is 15.4. The van der Waals surface area contributed by atoms with E-state index in [0.29, 0.717) is 35.0 Å². The van der Waals surface area contributed by atoms with Crippen LogP contribution in [0.4, 0.5) is 0 Å². The Bertz CT molecular complexity index is 1840. The molecule has 1 aliphatic heterocycles. The van der Waals surface area contributed by atoms with Crippen LogP contribution in [-0.4, -0.2) is 36.6 Å². The van der Waals surface area contributed by atoms with E-state index >= 15 is 0 Å². The predicted octanol–water partition coefficient (Wildman–Crippen LogP) is 10.1. The SMILES string of the molecule is CC(CCC(=O)OC(C)(C)C1CC[NH2+]CC1)(c1ccc(OC(=O)c2c(I)ccc(I)c2I)cc1)c1ccc(OC(=O)c2c(I)ccc(I)c2I)cc1. The van der Waals surface area contributed by atoms with Gasteiger partial charge < -0.3 is 19.5 Å². The third-order valence-corrected chi connectivity index (χ3v) is 17.4. The van der Waals surface area contributed by atoms with Crippen LogP contribution in [0.15, 0.2) is 72.8 Å². The van der Waals surface area contributed by atoms with Crippen LogP contribution in [0, 0.1) is 27.3 Å². The third-order valence-electron chi connectivity index (χ3n) is 9.53. The number of esters is 3. The molecule has 1 saturated heterocycles. The molecule has 0 radical (unpaired) electrons. The van der Waals surface area contributed by atoms with Gasteiger partial charge in [-0.3, -0.25) is 4.79 Å². The lowest BCUT2D eigenvalue weighted by Gasteiger charge is -2.36. The van der Waals surface area contributed by atoms with Gasteiger partial charge in [-0.05, 0) is 215 Å². The summed E-state index contributed by atoms with van der Waals surface area (Å²) >= 11 is 13.1. The number of rotatable bonds is 11. The Balaban J connectivity index is 1.39. The van der Waals surface area contributed by atoms with Crippen molar-refractivity contribution in [2.24, 2.45) is 5.92 Å². The first kappa shape index (κ1) is 42.8. The van der Waals surface area contributed by atoms with E-state index in [1.165, 1.54) is 0 Å². The second-order valence-corrected chi connectivity index (χ2v) is 20.1. The van der Waals surface area contributed by atoms with Gasteiger partial charge in [-0.25, -0.2) is 9.59 Å². The van der Waals surface area contributed by atoms with Gasteiger partial charge in [0.15, 0.2) is 0 Å². The molecule has 7 nitrogen and oxygen atoms in total. The first-order chi connectivity index (χ1) is 24.6. The second-order valence-electron chi connectivity index (χ2n) is 13.3. The number of quaternary nitrogens is 1. The molecule has 1 fully saturated rings. The number of hydrogen-bond acceptors (Lipinski definition) is 6. The Morgan fingerprint density at radius 2 is 1.04 bits per heavy atom. The number of hydrogen-bond donors (Lipinski definition) is 1. The van der Waals surface area contributed by atoms with Gasteiger partial charge in [0.2, 0.25) is 0 Å². The molecule has 0 bridgehead atoms. The van der Waals surface area contributed by atoms with Gasteiger partial charge >= 0.3 is 17.9 Å². The van der Waals surface area contributed by atoms with Gasteiger partial charge in [-0.15, -0.1) is 0 Å². The minimum Gasteiger partial charge on any atom is -0.459 e. The van der Waals surface area contributed by atoms with Crippen LogP contribution in [0.25, 0.3) is 0 Å². The number of carbonyl (C=O) groups excluding carboxylic acids is 3. The van der Waals surface area contributed by atoms with Crippen molar-refractivity contribution in [2.75, 3.05) is 13.1 Å². The van der Waals surface area contributed by atoms with Gasteiger partial charge in [0, 0.05) is 52.0 Å². The highest BCUT2D eigenvalue weighted by molar-refractivity contribution is 14.1. The molecule has 4 aromatic carbocycles. The molecule has 0 aromatic heterocycles. The highest BCUT2D eigenvalue weighted by Crippen LogP contribution is 2.39. The van der Waals surface area contributed by atoms with Crippen molar-refractivity contribution in [1.82, 2.24) is 0 Å². The number of piperidine rings is 1. The van der Waals surface area contributed by atoms with Crippen molar-refractivity contribution in [1.29, 1.82) is 0 Å². The Hall–Kier alpha value is -0.370. The molecule has 2 N–H and O–H groups in total. The second kappa shape index (κ2) is 18.7. The van der Waals surface area contributed by atoms with Gasteiger partial charge in [0.25, 0.3) is 0 Å². The number of nitrogens with two attached hydrogens (primary N) is 1. The average molecular weight is 1380 g/mol. The fourth-order valence-electron chi connectivity index (χ4n) is 6.38. The fraction of sp³-hybridized carbons (Fsp3) is 0.308. The summed E-state index contributed by atoms with van der Waals surface area (Å²) in [6.07, 6.45) is 2.72. The zero-order valence-corrected chi connectivity index (χ0v) is 41.5. The van der Waals surface area contributed by atoms with E-state index in [1.54, 1.807) is 24.3 Å². The molecule has 4 aromatic rings. The standard InChI is InChI=1S/C39H35I6NO6/c1-38(2,22-17-20-46-21-18-22)52-31(47)16-19-39(3,23-4-8-25(9-5-23)50-36(48)32-27(40)12-14-29(42)34(32)44)24-6-10-26(11-7-24)51-37(49)33-28(41)13-15-30(43)35(33)45/h4-15,22,46H,16-21H2,1-3H3/p+1. The molecule has 274 valence electrons. The van der Waals surface area contributed by atoms with Crippen molar-refractivity contribution < 1.29 is 33.9 Å². The Morgan fingerprint density at radius 3 is 1.46 bits per heavy atom. The smallest absolute Gasteiger partial charge is 0.345 e.